The highest BCUT2D eigenvalue weighted by molar-refractivity contribution is 7.92. The lowest BCUT2D eigenvalue weighted by Gasteiger charge is -2.27. The first-order valence-electron chi connectivity index (χ1n) is 10.4. The van der Waals surface area contributed by atoms with Crippen molar-refractivity contribution in [1.82, 2.24) is 14.5 Å². The second-order valence-electron chi connectivity index (χ2n) is 7.99. The molecule has 0 bridgehead atoms. The molecule has 0 spiro atoms. The average Bonchev–Trinajstić information content (AvgIpc) is 3.38. The number of hydrogen-bond acceptors (Lipinski definition) is 5. The molecule has 1 aliphatic heterocycles. The first-order valence-corrected chi connectivity index (χ1v) is 12.8. The van der Waals surface area contributed by atoms with Crippen molar-refractivity contribution in [3.8, 4) is 10.7 Å². The number of anilines is 1. The average molecular weight is 477 g/mol. The molecular weight excluding hydrogens is 451 g/mol. The normalized spacial score (nSPS) is 14.5. The number of aromatic nitrogens is 2. The monoisotopic (exact) mass is 476 g/mol. The number of thiazole rings is 1. The molecule has 0 radical (unpaired) electrons. The maximum Gasteiger partial charge on any atom is 0.263 e. The van der Waals surface area contributed by atoms with Gasteiger partial charge in [-0.2, -0.15) is 0 Å². The Morgan fingerprint density at radius 1 is 1.19 bits per heavy atom. The number of nitrogens with zero attached hydrogens (tertiary/aromatic N) is 3. The maximum atomic E-state index is 13.6. The molecule has 7 nitrogen and oxygen atoms in total. The number of likely N-dealkylation sites (tertiary alicyclic amines) is 1. The van der Waals surface area contributed by atoms with Crippen LogP contribution in [0.15, 0.2) is 40.7 Å². The quantitative estimate of drug-likeness (QED) is 0.578. The van der Waals surface area contributed by atoms with E-state index in [1.165, 1.54) is 41.8 Å². The Bertz CT molecular complexity index is 1240. The van der Waals surface area contributed by atoms with Gasteiger partial charge in [0.15, 0.2) is 0 Å². The Balaban J connectivity index is 1.66. The first kappa shape index (κ1) is 22.5. The van der Waals surface area contributed by atoms with Crippen LogP contribution < -0.4 is 4.72 Å². The molecule has 1 saturated heterocycles. The van der Waals surface area contributed by atoms with Crippen molar-refractivity contribution in [3.63, 3.8) is 0 Å². The van der Waals surface area contributed by atoms with Gasteiger partial charge in [-0.1, -0.05) is 0 Å². The molecule has 32 heavy (non-hydrogen) atoms. The van der Waals surface area contributed by atoms with Gasteiger partial charge >= 0.3 is 0 Å². The molecule has 4 rings (SSSR count). The summed E-state index contributed by atoms with van der Waals surface area (Å²) >= 11 is 1.40. The van der Waals surface area contributed by atoms with Crippen molar-refractivity contribution in [3.05, 3.63) is 52.9 Å². The van der Waals surface area contributed by atoms with E-state index in [2.05, 4.69) is 9.71 Å². The molecule has 0 saturated carbocycles. The van der Waals surface area contributed by atoms with Crippen LogP contribution in [0.5, 0.6) is 0 Å². The van der Waals surface area contributed by atoms with Crippen molar-refractivity contribution in [1.29, 1.82) is 0 Å². The summed E-state index contributed by atoms with van der Waals surface area (Å²) in [5.41, 5.74) is 2.01. The number of carbonyl (C=O) groups excluding carboxylic acids is 1. The first-order chi connectivity index (χ1) is 15.2. The van der Waals surface area contributed by atoms with Crippen molar-refractivity contribution in [2.75, 3.05) is 17.8 Å². The highest BCUT2D eigenvalue weighted by atomic mass is 32.2. The topological polar surface area (TPSA) is 84.3 Å². The molecule has 170 valence electrons. The van der Waals surface area contributed by atoms with Crippen LogP contribution in [0.3, 0.4) is 0 Å². The smallest absolute Gasteiger partial charge is 0.263 e. The van der Waals surface area contributed by atoms with E-state index in [0.717, 1.165) is 38.0 Å². The van der Waals surface area contributed by atoms with Crippen LogP contribution in [0.4, 0.5) is 10.1 Å². The standard InChI is InChI=1S/C22H25FN4O3S2/c1-15-10-17(6-7-19(15)23)25-32(29,30)18-11-20(22-24-16(2)14-31-22)27(12-18)13-21(28)26-8-4-3-5-9-26/h6-7,10-12,14,25H,3-5,8-9,13H2,1-2H3. The van der Waals surface area contributed by atoms with Gasteiger partial charge in [0, 0.05) is 36.0 Å². The Morgan fingerprint density at radius 3 is 2.59 bits per heavy atom. The third kappa shape index (κ3) is 4.86. The summed E-state index contributed by atoms with van der Waals surface area (Å²) in [5.74, 6) is -0.447. The Hall–Kier alpha value is -2.72. The Morgan fingerprint density at radius 2 is 1.94 bits per heavy atom. The van der Waals surface area contributed by atoms with Gasteiger partial charge in [0.2, 0.25) is 5.91 Å². The van der Waals surface area contributed by atoms with Gasteiger partial charge in [0.25, 0.3) is 10.0 Å². The van der Waals surface area contributed by atoms with Gasteiger partial charge < -0.3 is 9.47 Å². The van der Waals surface area contributed by atoms with Crippen LogP contribution in [-0.2, 0) is 21.4 Å². The van der Waals surface area contributed by atoms with Crippen LogP contribution in [0.2, 0.25) is 0 Å². The predicted octanol–water partition coefficient (Wildman–Crippen LogP) is 4.18. The zero-order chi connectivity index (χ0) is 22.9. The van der Waals surface area contributed by atoms with Gasteiger partial charge in [-0.05, 0) is 62.9 Å². The summed E-state index contributed by atoms with van der Waals surface area (Å²) in [6.45, 7) is 4.92. The van der Waals surface area contributed by atoms with Crippen molar-refractivity contribution in [2.24, 2.45) is 0 Å². The van der Waals surface area contributed by atoms with Gasteiger partial charge in [-0.25, -0.2) is 17.8 Å². The van der Waals surface area contributed by atoms with E-state index in [-0.39, 0.29) is 23.0 Å². The molecule has 1 fully saturated rings. The van der Waals surface area contributed by atoms with E-state index in [0.29, 0.717) is 16.3 Å². The molecule has 3 heterocycles. The summed E-state index contributed by atoms with van der Waals surface area (Å²) < 4.78 is 43.8. The highest BCUT2D eigenvalue weighted by Crippen LogP contribution is 2.29. The van der Waals surface area contributed by atoms with Crippen molar-refractivity contribution in [2.45, 2.75) is 44.6 Å². The van der Waals surface area contributed by atoms with Crippen molar-refractivity contribution < 1.29 is 17.6 Å². The van der Waals surface area contributed by atoms with E-state index in [9.17, 15) is 17.6 Å². The number of carbonyl (C=O) groups is 1. The van der Waals surface area contributed by atoms with Crippen LogP contribution >= 0.6 is 11.3 Å². The Kier molecular flexibility index (Phi) is 6.34. The number of benzene rings is 1. The number of aryl methyl sites for hydroxylation is 2. The summed E-state index contributed by atoms with van der Waals surface area (Å²) in [6.07, 6.45) is 4.55. The summed E-state index contributed by atoms with van der Waals surface area (Å²) in [7, 11) is -3.95. The molecular formula is C22H25FN4O3S2. The third-order valence-corrected chi connectivity index (χ3v) is 7.78. The van der Waals surface area contributed by atoms with Gasteiger partial charge in [-0.3, -0.25) is 9.52 Å². The largest absolute Gasteiger partial charge is 0.341 e. The van der Waals surface area contributed by atoms with E-state index >= 15 is 0 Å². The minimum Gasteiger partial charge on any atom is -0.341 e. The lowest BCUT2D eigenvalue weighted by molar-refractivity contribution is -0.132. The SMILES string of the molecule is Cc1csc(-c2cc(S(=O)(=O)Nc3ccc(F)c(C)c3)cn2CC(=O)N2CCCCC2)n1. The molecule has 0 unspecified atom stereocenters. The number of piperidine rings is 1. The van der Waals surface area contributed by atoms with E-state index in [4.69, 9.17) is 0 Å². The van der Waals surface area contributed by atoms with Crippen LogP contribution in [0.1, 0.15) is 30.5 Å². The second-order valence-corrected chi connectivity index (χ2v) is 10.5. The lowest BCUT2D eigenvalue weighted by Crippen LogP contribution is -2.37. The van der Waals surface area contributed by atoms with Crippen LogP contribution in [0.25, 0.3) is 10.7 Å². The number of amides is 1. The lowest BCUT2D eigenvalue weighted by atomic mass is 10.1. The summed E-state index contributed by atoms with van der Waals surface area (Å²) in [5, 5.41) is 2.53. The fourth-order valence-corrected chi connectivity index (χ4v) is 5.64. The third-order valence-electron chi connectivity index (χ3n) is 5.44. The second kappa shape index (κ2) is 9.03. The zero-order valence-corrected chi connectivity index (χ0v) is 19.6. The number of sulfonamides is 1. The van der Waals surface area contributed by atoms with E-state index < -0.39 is 15.8 Å². The molecule has 1 aromatic carbocycles. The van der Waals surface area contributed by atoms with Crippen LogP contribution in [0, 0.1) is 19.7 Å². The zero-order valence-electron chi connectivity index (χ0n) is 18.0. The minimum atomic E-state index is -3.95. The molecule has 10 heteroatoms. The molecule has 1 N–H and O–H groups in total. The number of rotatable bonds is 6. The maximum absolute atomic E-state index is 13.6. The fraction of sp³-hybridized carbons (Fsp3) is 0.364. The molecule has 2 aromatic heterocycles. The highest BCUT2D eigenvalue weighted by Gasteiger charge is 2.24. The summed E-state index contributed by atoms with van der Waals surface area (Å²) in [4.78, 5) is 19.2. The predicted molar refractivity (Wildman–Crippen MR) is 123 cm³/mol. The molecule has 0 aliphatic carbocycles. The Labute approximate surface area is 191 Å². The summed E-state index contributed by atoms with van der Waals surface area (Å²) in [6, 6.07) is 5.57. The molecule has 1 aliphatic rings. The van der Waals surface area contributed by atoms with Gasteiger partial charge in [-0.15, -0.1) is 11.3 Å². The number of halogens is 1. The van der Waals surface area contributed by atoms with Gasteiger partial charge in [0.1, 0.15) is 22.3 Å². The van der Waals surface area contributed by atoms with E-state index in [1.807, 2.05) is 17.2 Å². The molecule has 0 atom stereocenters. The minimum absolute atomic E-state index is 0.0220. The molecule has 1 amide bonds. The van der Waals surface area contributed by atoms with E-state index in [1.54, 1.807) is 11.5 Å². The number of nitrogens with one attached hydrogen (secondary N) is 1. The fourth-order valence-electron chi connectivity index (χ4n) is 3.72. The van der Waals surface area contributed by atoms with Crippen molar-refractivity contribution >= 4 is 33.0 Å². The van der Waals surface area contributed by atoms with Gasteiger partial charge in [0.05, 0.1) is 5.69 Å². The van der Waals surface area contributed by atoms with Crippen LogP contribution in [-0.4, -0.2) is 41.9 Å². The number of hydrogen-bond donors (Lipinski definition) is 1. The molecule has 3 aromatic rings.